The highest BCUT2D eigenvalue weighted by Crippen LogP contribution is 2.19. The topological polar surface area (TPSA) is 50.2 Å². The molecule has 1 fully saturated rings. The van der Waals surface area contributed by atoms with Crippen LogP contribution in [0.2, 0.25) is 0 Å². The molecule has 2 heterocycles. The Morgan fingerprint density at radius 3 is 2.84 bits per heavy atom. The Morgan fingerprint density at radius 2 is 2.16 bits per heavy atom. The van der Waals surface area contributed by atoms with Gasteiger partial charge in [-0.15, -0.1) is 0 Å². The van der Waals surface area contributed by atoms with E-state index in [1.165, 1.54) is 25.9 Å². The minimum absolute atomic E-state index is 0.0200. The fraction of sp³-hybridized carbons (Fsp3) is 0.714. The molecule has 0 amide bonds. The molecule has 0 aromatic carbocycles. The highest BCUT2D eigenvalue weighted by atomic mass is 16.1. The van der Waals surface area contributed by atoms with E-state index in [0.29, 0.717) is 12.4 Å². The molecule has 1 aliphatic heterocycles. The molecule has 1 aromatic heterocycles. The van der Waals surface area contributed by atoms with Gasteiger partial charge in [0.2, 0.25) is 0 Å². The first-order valence-corrected chi connectivity index (χ1v) is 7.18. The first-order chi connectivity index (χ1) is 9.20. The van der Waals surface area contributed by atoms with Gasteiger partial charge in [0.15, 0.2) is 5.82 Å². The van der Waals surface area contributed by atoms with Crippen LogP contribution in [0.15, 0.2) is 17.2 Å². The third kappa shape index (κ3) is 3.80. The molecule has 5 heteroatoms. The molecule has 0 atom stereocenters. The van der Waals surface area contributed by atoms with Gasteiger partial charge in [0, 0.05) is 25.5 Å². The minimum Gasteiger partial charge on any atom is -0.365 e. The summed E-state index contributed by atoms with van der Waals surface area (Å²) in [5.74, 6) is 1.26. The average Bonchev–Trinajstić information content (AvgIpc) is 2.43. The molecule has 0 saturated carbocycles. The number of likely N-dealkylation sites (tertiary alicyclic amines) is 1. The Labute approximate surface area is 114 Å². The molecule has 0 spiro atoms. The van der Waals surface area contributed by atoms with Gasteiger partial charge in [0.1, 0.15) is 0 Å². The molecule has 1 N–H and O–H groups in total. The summed E-state index contributed by atoms with van der Waals surface area (Å²) in [7, 11) is 2.18. The summed E-state index contributed by atoms with van der Waals surface area (Å²) in [5, 5.41) is 3.19. The van der Waals surface area contributed by atoms with Crippen LogP contribution in [-0.4, -0.2) is 41.1 Å². The van der Waals surface area contributed by atoms with Crippen molar-refractivity contribution >= 4 is 5.82 Å². The maximum atomic E-state index is 12.0. The van der Waals surface area contributed by atoms with Gasteiger partial charge in [0.25, 0.3) is 5.56 Å². The first-order valence-electron chi connectivity index (χ1n) is 7.18. The predicted octanol–water partition coefficient (Wildman–Crippen LogP) is 1.41. The number of anilines is 1. The van der Waals surface area contributed by atoms with E-state index in [1.54, 1.807) is 17.0 Å². The number of hydrogen-bond acceptors (Lipinski definition) is 4. The second-order valence-corrected chi connectivity index (χ2v) is 5.33. The Bertz CT molecular complexity index is 449. The van der Waals surface area contributed by atoms with E-state index in [-0.39, 0.29) is 5.56 Å². The van der Waals surface area contributed by atoms with Crippen LogP contribution < -0.4 is 10.9 Å². The fourth-order valence-corrected chi connectivity index (χ4v) is 2.56. The van der Waals surface area contributed by atoms with E-state index in [1.807, 2.05) is 6.92 Å². The molecule has 0 radical (unpaired) electrons. The first kappa shape index (κ1) is 14.1. The molecule has 19 heavy (non-hydrogen) atoms. The quantitative estimate of drug-likeness (QED) is 0.873. The van der Waals surface area contributed by atoms with E-state index in [2.05, 4.69) is 22.2 Å². The molecular weight excluding hydrogens is 240 g/mol. The lowest BCUT2D eigenvalue weighted by molar-refractivity contribution is 0.215. The van der Waals surface area contributed by atoms with Crippen LogP contribution in [0.25, 0.3) is 0 Å². The van der Waals surface area contributed by atoms with E-state index < -0.39 is 0 Å². The van der Waals surface area contributed by atoms with Crippen molar-refractivity contribution in [2.45, 2.75) is 32.7 Å². The Balaban J connectivity index is 1.81. The predicted molar refractivity (Wildman–Crippen MR) is 77.5 cm³/mol. The van der Waals surface area contributed by atoms with Crippen molar-refractivity contribution in [3.05, 3.63) is 22.7 Å². The van der Waals surface area contributed by atoms with Crippen LogP contribution in [-0.2, 0) is 6.54 Å². The highest BCUT2D eigenvalue weighted by Gasteiger charge is 2.16. The van der Waals surface area contributed by atoms with E-state index in [9.17, 15) is 4.79 Å². The van der Waals surface area contributed by atoms with Gasteiger partial charge < -0.3 is 14.8 Å². The van der Waals surface area contributed by atoms with Gasteiger partial charge in [-0.3, -0.25) is 4.79 Å². The second-order valence-electron chi connectivity index (χ2n) is 5.33. The molecule has 106 valence electrons. The van der Waals surface area contributed by atoms with Crippen LogP contribution >= 0.6 is 0 Å². The van der Waals surface area contributed by atoms with Crippen LogP contribution in [0, 0.1) is 5.92 Å². The number of aryl methyl sites for hydroxylation is 1. The summed E-state index contributed by atoms with van der Waals surface area (Å²) < 4.78 is 1.67. The summed E-state index contributed by atoms with van der Waals surface area (Å²) in [4.78, 5) is 18.5. The molecule has 5 nitrogen and oxygen atoms in total. The van der Waals surface area contributed by atoms with Crippen molar-refractivity contribution in [2.75, 3.05) is 32.0 Å². The third-order valence-electron chi connectivity index (χ3n) is 3.94. The molecule has 2 rings (SSSR count). The summed E-state index contributed by atoms with van der Waals surface area (Å²) in [6.45, 7) is 5.87. The third-order valence-corrected chi connectivity index (χ3v) is 3.94. The minimum atomic E-state index is -0.0200. The molecule has 0 aliphatic carbocycles. The summed E-state index contributed by atoms with van der Waals surface area (Å²) in [6, 6.07) is 0. The zero-order valence-corrected chi connectivity index (χ0v) is 11.9. The van der Waals surface area contributed by atoms with Crippen LogP contribution in [0.5, 0.6) is 0 Å². The number of nitrogens with zero attached hydrogens (tertiary/aromatic N) is 3. The Morgan fingerprint density at radius 1 is 1.42 bits per heavy atom. The van der Waals surface area contributed by atoms with E-state index in [0.717, 1.165) is 18.9 Å². The number of rotatable bonds is 5. The van der Waals surface area contributed by atoms with Gasteiger partial charge >= 0.3 is 0 Å². The largest absolute Gasteiger partial charge is 0.365 e. The zero-order valence-electron chi connectivity index (χ0n) is 11.9. The molecule has 1 aromatic rings. The van der Waals surface area contributed by atoms with Crippen molar-refractivity contribution in [2.24, 2.45) is 5.92 Å². The fourth-order valence-electron chi connectivity index (χ4n) is 2.56. The lowest BCUT2D eigenvalue weighted by Crippen LogP contribution is -2.31. The van der Waals surface area contributed by atoms with Gasteiger partial charge in [-0.2, -0.15) is 0 Å². The van der Waals surface area contributed by atoms with Crippen molar-refractivity contribution in [1.29, 1.82) is 0 Å². The van der Waals surface area contributed by atoms with Gasteiger partial charge in [-0.05, 0) is 52.2 Å². The Hall–Kier alpha value is -1.36. The van der Waals surface area contributed by atoms with Crippen molar-refractivity contribution in [3.63, 3.8) is 0 Å². The number of aromatic nitrogens is 2. The molecule has 1 saturated heterocycles. The molecule has 0 unspecified atom stereocenters. The maximum Gasteiger partial charge on any atom is 0.293 e. The summed E-state index contributed by atoms with van der Waals surface area (Å²) in [5.41, 5.74) is -0.0200. The summed E-state index contributed by atoms with van der Waals surface area (Å²) in [6.07, 6.45) is 7.06. The molecule has 1 aliphatic rings. The van der Waals surface area contributed by atoms with E-state index >= 15 is 0 Å². The van der Waals surface area contributed by atoms with Crippen molar-refractivity contribution < 1.29 is 0 Å². The van der Waals surface area contributed by atoms with Crippen LogP contribution in [0.3, 0.4) is 0 Å². The molecular formula is C14H24N4O. The number of nitrogens with one attached hydrogen (secondary N) is 1. The summed E-state index contributed by atoms with van der Waals surface area (Å²) >= 11 is 0. The maximum absolute atomic E-state index is 12.0. The van der Waals surface area contributed by atoms with Crippen LogP contribution in [0.4, 0.5) is 5.82 Å². The SMILES string of the molecule is CCn1ccnc(NCCC2CCN(C)CC2)c1=O. The highest BCUT2D eigenvalue weighted by molar-refractivity contribution is 5.30. The van der Waals surface area contributed by atoms with Gasteiger partial charge in [-0.25, -0.2) is 4.98 Å². The monoisotopic (exact) mass is 264 g/mol. The second kappa shape index (κ2) is 6.70. The van der Waals surface area contributed by atoms with E-state index in [4.69, 9.17) is 0 Å². The average molecular weight is 264 g/mol. The number of hydrogen-bond donors (Lipinski definition) is 1. The molecule has 0 bridgehead atoms. The van der Waals surface area contributed by atoms with Gasteiger partial charge in [0.05, 0.1) is 0 Å². The zero-order chi connectivity index (χ0) is 13.7. The standard InChI is InChI=1S/C14H24N4O/c1-3-18-11-8-16-13(14(18)19)15-7-4-12-5-9-17(2)10-6-12/h8,11-12H,3-7,9-10H2,1-2H3,(H,15,16). The van der Waals surface area contributed by atoms with Gasteiger partial charge in [-0.1, -0.05) is 0 Å². The lowest BCUT2D eigenvalue weighted by atomic mass is 9.94. The number of piperidine rings is 1. The Kier molecular flexibility index (Phi) is 4.96. The van der Waals surface area contributed by atoms with Crippen molar-refractivity contribution in [3.8, 4) is 0 Å². The normalized spacial score (nSPS) is 17.6. The van der Waals surface area contributed by atoms with Crippen molar-refractivity contribution in [1.82, 2.24) is 14.5 Å². The lowest BCUT2D eigenvalue weighted by Gasteiger charge is -2.28. The van der Waals surface area contributed by atoms with Crippen LogP contribution in [0.1, 0.15) is 26.2 Å². The smallest absolute Gasteiger partial charge is 0.293 e.